The number of benzene rings is 1. The van der Waals surface area contributed by atoms with E-state index in [9.17, 15) is 13.2 Å². The maximum absolute atomic E-state index is 12.7. The minimum Gasteiger partial charge on any atom is -0.333 e. The quantitative estimate of drug-likeness (QED) is 0.891. The van der Waals surface area contributed by atoms with Gasteiger partial charge in [-0.2, -0.15) is 4.31 Å². The van der Waals surface area contributed by atoms with Crippen LogP contribution in [-0.4, -0.2) is 61.8 Å². The summed E-state index contributed by atoms with van der Waals surface area (Å²) in [6.07, 6.45) is 0. The first-order chi connectivity index (χ1) is 11.2. The maximum Gasteiger partial charge on any atom is 0.254 e. The molecule has 134 valence electrons. The molecule has 1 N–H and O–H groups in total. The number of carbonyl (C=O) groups excluding carboxylic acids is 1. The van der Waals surface area contributed by atoms with Gasteiger partial charge in [-0.05, 0) is 52.0 Å². The Morgan fingerprint density at radius 3 is 2.38 bits per heavy atom. The second-order valence-corrected chi connectivity index (χ2v) is 8.62. The SMILES string of the molecule is CC1NCCN(C(=O)c2ccc(S(=O)(=O)N(C)C(C)C)cc2)C1C. The van der Waals surface area contributed by atoms with Crippen molar-refractivity contribution >= 4 is 15.9 Å². The van der Waals surface area contributed by atoms with Crippen molar-refractivity contribution in [2.45, 2.75) is 50.7 Å². The zero-order valence-corrected chi connectivity index (χ0v) is 15.8. The van der Waals surface area contributed by atoms with Crippen molar-refractivity contribution in [2.24, 2.45) is 0 Å². The lowest BCUT2D eigenvalue weighted by molar-refractivity contribution is 0.0603. The van der Waals surface area contributed by atoms with E-state index in [4.69, 9.17) is 0 Å². The average molecular weight is 353 g/mol. The van der Waals surface area contributed by atoms with Crippen LogP contribution in [0.2, 0.25) is 0 Å². The van der Waals surface area contributed by atoms with Gasteiger partial charge in [0.15, 0.2) is 0 Å². The van der Waals surface area contributed by atoms with E-state index < -0.39 is 10.0 Å². The number of amides is 1. The number of rotatable bonds is 4. The number of hydrogen-bond acceptors (Lipinski definition) is 4. The Bertz CT molecular complexity index is 686. The summed E-state index contributed by atoms with van der Waals surface area (Å²) in [7, 11) is -1.97. The smallest absolute Gasteiger partial charge is 0.254 e. The Balaban J connectivity index is 2.22. The van der Waals surface area contributed by atoms with E-state index >= 15 is 0 Å². The first-order valence-corrected chi connectivity index (χ1v) is 9.72. The summed E-state index contributed by atoms with van der Waals surface area (Å²) in [5.74, 6) is -0.0583. The van der Waals surface area contributed by atoms with E-state index in [2.05, 4.69) is 12.2 Å². The number of piperazine rings is 1. The summed E-state index contributed by atoms with van der Waals surface area (Å²) in [6, 6.07) is 6.43. The predicted octanol–water partition coefficient (Wildman–Crippen LogP) is 1.54. The molecular formula is C17H27N3O3S. The van der Waals surface area contributed by atoms with Crippen molar-refractivity contribution in [1.82, 2.24) is 14.5 Å². The van der Waals surface area contributed by atoms with Crippen LogP contribution in [0.25, 0.3) is 0 Å². The van der Waals surface area contributed by atoms with E-state index in [1.54, 1.807) is 19.2 Å². The molecule has 1 saturated heterocycles. The normalized spacial score (nSPS) is 22.2. The highest BCUT2D eigenvalue weighted by molar-refractivity contribution is 7.89. The van der Waals surface area contributed by atoms with Gasteiger partial charge in [0, 0.05) is 43.8 Å². The van der Waals surface area contributed by atoms with Gasteiger partial charge in [-0.1, -0.05) is 0 Å². The minimum absolute atomic E-state index is 0.0583. The van der Waals surface area contributed by atoms with Crippen LogP contribution in [0.4, 0.5) is 0 Å². The van der Waals surface area contributed by atoms with Crippen molar-refractivity contribution in [1.29, 1.82) is 0 Å². The molecule has 0 bridgehead atoms. The Morgan fingerprint density at radius 1 is 1.25 bits per heavy atom. The van der Waals surface area contributed by atoms with Crippen molar-refractivity contribution in [2.75, 3.05) is 20.1 Å². The Morgan fingerprint density at radius 2 is 1.83 bits per heavy atom. The maximum atomic E-state index is 12.7. The van der Waals surface area contributed by atoms with Crippen LogP contribution in [0.5, 0.6) is 0 Å². The molecule has 1 aromatic rings. The molecule has 2 rings (SSSR count). The van der Waals surface area contributed by atoms with Crippen LogP contribution in [0, 0.1) is 0 Å². The van der Waals surface area contributed by atoms with Gasteiger partial charge in [-0.15, -0.1) is 0 Å². The minimum atomic E-state index is -3.53. The molecule has 7 heteroatoms. The predicted molar refractivity (Wildman–Crippen MR) is 94.5 cm³/mol. The molecule has 0 radical (unpaired) electrons. The van der Waals surface area contributed by atoms with Crippen LogP contribution in [0.1, 0.15) is 38.1 Å². The van der Waals surface area contributed by atoms with E-state index in [-0.39, 0.29) is 28.9 Å². The van der Waals surface area contributed by atoms with Crippen molar-refractivity contribution in [3.63, 3.8) is 0 Å². The lowest BCUT2D eigenvalue weighted by Crippen LogP contribution is -2.57. The van der Waals surface area contributed by atoms with Gasteiger partial charge in [0.25, 0.3) is 5.91 Å². The van der Waals surface area contributed by atoms with E-state index in [0.717, 1.165) is 6.54 Å². The summed E-state index contributed by atoms with van der Waals surface area (Å²) in [4.78, 5) is 14.7. The number of carbonyl (C=O) groups is 1. The van der Waals surface area contributed by atoms with E-state index in [1.165, 1.54) is 16.4 Å². The second kappa shape index (κ2) is 7.21. The lowest BCUT2D eigenvalue weighted by Gasteiger charge is -2.38. The number of nitrogens with zero attached hydrogens (tertiary/aromatic N) is 2. The fourth-order valence-corrected chi connectivity index (χ4v) is 4.09. The van der Waals surface area contributed by atoms with E-state index in [0.29, 0.717) is 12.1 Å². The first-order valence-electron chi connectivity index (χ1n) is 8.28. The zero-order valence-electron chi connectivity index (χ0n) is 15.0. The molecule has 1 amide bonds. The molecule has 24 heavy (non-hydrogen) atoms. The highest BCUT2D eigenvalue weighted by Crippen LogP contribution is 2.19. The van der Waals surface area contributed by atoms with Crippen LogP contribution in [-0.2, 0) is 10.0 Å². The van der Waals surface area contributed by atoms with Crippen LogP contribution in [0.3, 0.4) is 0 Å². The highest BCUT2D eigenvalue weighted by Gasteiger charge is 2.29. The van der Waals surface area contributed by atoms with Gasteiger partial charge < -0.3 is 10.2 Å². The number of sulfonamides is 1. The van der Waals surface area contributed by atoms with Crippen LogP contribution >= 0.6 is 0 Å². The molecule has 0 saturated carbocycles. The number of hydrogen-bond donors (Lipinski definition) is 1. The van der Waals surface area contributed by atoms with E-state index in [1.807, 2.05) is 25.7 Å². The van der Waals surface area contributed by atoms with Gasteiger partial charge in [0.2, 0.25) is 10.0 Å². The molecule has 0 spiro atoms. The standard InChI is InChI=1S/C17H27N3O3S/c1-12(2)19(5)24(22,23)16-8-6-15(7-9-16)17(21)20-11-10-18-13(3)14(20)4/h6-9,12-14,18H,10-11H2,1-5H3. The van der Waals surface area contributed by atoms with Crippen LogP contribution in [0.15, 0.2) is 29.2 Å². The summed E-state index contributed by atoms with van der Waals surface area (Å²) in [6.45, 7) is 9.14. The molecule has 2 unspecified atom stereocenters. The fraction of sp³-hybridized carbons (Fsp3) is 0.588. The zero-order chi connectivity index (χ0) is 18.1. The Hall–Kier alpha value is -1.44. The summed E-state index contributed by atoms with van der Waals surface area (Å²) < 4.78 is 26.3. The molecular weight excluding hydrogens is 326 g/mol. The molecule has 6 nitrogen and oxygen atoms in total. The third-order valence-electron chi connectivity index (χ3n) is 4.80. The molecule has 2 atom stereocenters. The second-order valence-electron chi connectivity index (χ2n) is 6.62. The highest BCUT2D eigenvalue weighted by atomic mass is 32.2. The number of nitrogens with one attached hydrogen (secondary N) is 1. The molecule has 0 aromatic heterocycles. The molecule has 1 heterocycles. The topological polar surface area (TPSA) is 69.7 Å². The molecule has 1 fully saturated rings. The summed E-state index contributed by atoms with van der Waals surface area (Å²) in [5.41, 5.74) is 0.516. The summed E-state index contributed by atoms with van der Waals surface area (Å²) >= 11 is 0. The lowest BCUT2D eigenvalue weighted by atomic mass is 10.1. The molecule has 1 aliphatic heterocycles. The van der Waals surface area contributed by atoms with Crippen LogP contribution < -0.4 is 5.32 Å². The van der Waals surface area contributed by atoms with Gasteiger partial charge in [-0.25, -0.2) is 8.42 Å². The average Bonchev–Trinajstić information content (AvgIpc) is 2.56. The monoisotopic (exact) mass is 353 g/mol. The van der Waals surface area contributed by atoms with Crippen molar-refractivity contribution in [3.8, 4) is 0 Å². The molecule has 1 aromatic carbocycles. The van der Waals surface area contributed by atoms with Gasteiger partial charge in [0.1, 0.15) is 0 Å². The summed E-state index contributed by atoms with van der Waals surface area (Å²) in [5, 5.41) is 3.34. The first kappa shape index (κ1) is 18.9. The van der Waals surface area contributed by atoms with Crippen molar-refractivity contribution in [3.05, 3.63) is 29.8 Å². The largest absolute Gasteiger partial charge is 0.333 e. The Kier molecular flexibility index (Phi) is 5.67. The van der Waals surface area contributed by atoms with Gasteiger partial charge >= 0.3 is 0 Å². The van der Waals surface area contributed by atoms with Gasteiger partial charge in [-0.3, -0.25) is 4.79 Å². The molecule has 1 aliphatic rings. The third kappa shape index (κ3) is 3.63. The Labute approximate surface area is 144 Å². The van der Waals surface area contributed by atoms with Crippen molar-refractivity contribution < 1.29 is 13.2 Å². The fourth-order valence-electron chi connectivity index (χ4n) is 2.72. The molecule has 0 aliphatic carbocycles. The van der Waals surface area contributed by atoms with Gasteiger partial charge in [0.05, 0.1) is 4.90 Å². The third-order valence-corrected chi connectivity index (χ3v) is 6.85.